The summed E-state index contributed by atoms with van der Waals surface area (Å²) in [6.07, 6.45) is 2.00. The molecule has 1 rings (SSSR count). The van der Waals surface area contributed by atoms with Crippen molar-refractivity contribution in [3.8, 4) is 0 Å². The number of hydrogen-bond donors (Lipinski definition) is 0. The molecule has 0 aliphatic carbocycles. The van der Waals surface area contributed by atoms with Crippen LogP contribution in [0.3, 0.4) is 0 Å². The summed E-state index contributed by atoms with van der Waals surface area (Å²) in [6.45, 7) is 4.00. The summed E-state index contributed by atoms with van der Waals surface area (Å²) < 4.78 is 0. The quantitative estimate of drug-likeness (QED) is 0.521. The molecule has 0 saturated carbocycles. The molecule has 0 atom stereocenters. The first-order valence-electron chi connectivity index (χ1n) is 2.82. The van der Waals surface area contributed by atoms with Crippen molar-refractivity contribution in [1.29, 1.82) is 0 Å². The van der Waals surface area contributed by atoms with Gasteiger partial charge >= 0.3 is 16.8 Å². The van der Waals surface area contributed by atoms with Crippen LogP contribution in [0.1, 0.15) is 13.8 Å². The molecule has 9 heavy (non-hydrogen) atoms. The molecule has 1 heteroatoms. The zero-order valence-corrected chi connectivity index (χ0v) is 6.84. The van der Waals surface area contributed by atoms with Gasteiger partial charge in [-0.15, -0.1) is 0 Å². The van der Waals surface area contributed by atoms with E-state index in [1.54, 1.807) is 0 Å². The summed E-state index contributed by atoms with van der Waals surface area (Å²) in [5, 5.41) is 0. The van der Waals surface area contributed by atoms with Gasteiger partial charge in [0.05, 0.1) is 0 Å². The van der Waals surface area contributed by atoms with Gasteiger partial charge < -0.3 is 6.42 Å². The Morgan fingerprint density at radius 2 is 1.44 bits per heavy atom. The smallest absolute Gasteiger partial charge is 0.335 e. The predicted octanol–water partition coefficient (Wildman–Crippen LogP) is 2.63. The van der Waals surface area contributed by atoms with E-state index in [1.807, 2.05) is 50.6 Å². The second kappa shape index (κ2) is 10.8. The number of hydrogen-bond acceptors (Lipinski definition) is 0. The molecule has 1 aromatic rings. The Bertz CT molecular complexity index is 71.5. The fourth-order valence-corrected chi connectivity index (χ4v) is 0.321. The molecule has 1 aromatic carbocycles. The van der Waals surface area contributed by atoms with Gasteiger partial charge in [0.15, 0.2) is 0 Å². The molecule has 0 aromatic heterocycles. The third-order valence-electron chi connectivity index (χ3n) is 0.556. The fraction of sp³-hybridized carbons (Fsp3) is 0.250. The van der Waals surface area contributed by atoms with Crippen molar-refractivity contribution < 1.29 is 16.8 Å². The molecule has 0 bridgehead atoms. The van der Waals surface area contributed by atoms with Crippen LogP contribution in [-0.2, 0) is 16.8 Å². The summed E-state index contributed by atoms with van der Waals surface area (Å²) in [5.74, 6) is 0. The van der Waals surface area contributed by atoms with Gasteiger partial charge in [-0.1, -0.05) is 0 Å². The van der Waals surface area contributed by atoms with Crippen molar-refractivity contribution in [3.05, 3.63) is 36.8 Å². The maximum absolute atomic E-state index is 2.00. The summed E-state index contributed by atoms with van der Waals surface area (Å²) in [7, 11) is 0. The van der Waals surface area contributed by atoms with Gasteiger partial charge in [0, 0.05) is 0 Å². The van der Waals surface area contributed by atoms with E-state index >= 15 is 0 Å². The monoisotopic (exact) mass is 167 g/mol. The van der Waals surface area contributed by atoms with Gasteiger partial charge in [-0.3, -0.25) is 0 Å². The Morgan fingerprint density at radius 3 is 1.56 bits per heavy atom. The van der Waals surface area contributed by atoms with Gasteiger partial charge in [0.1, 0.15) is 0 Å². The van der Waals surface area contributed by atoms with Crippen molar-refractivity contribution in [1.82, 2.24) is 0 Å². The topological polar surface area (TPSA) is 0 Å². The summed E-state index contributed by atoms with van der Waals surface area (Å²) in [5.41, 5.74) is 0. The average molecular weight is 167 g/mol. The molecule has 0 spiro atoms. The minimum absolute atomic E-state index is 0. The molecule has 0 aliphatic rings. The third kappa shape index (κ3) is 11.4. The van der Waals surface area contributed by atoms with Crippen molar-refractivity contribution in [3.63, 3.8) is 0 Å². The molecule has 0 aliphatic heterocycles. The summed E-state index contributed by atoms with van der Waals surface area (Å²) in [4.78, 5) is 0. The molecular weight excluding hydrogens is 155 g/mol. The van der Waals surface area contributed by atoms with E-state index in [1.165, 1.54) is 0 Å². The van der Waals surface area contributed by atoms with Crippen LogP contribution in [0.15, 0.2) is 30.3 Å². The summed E-state index contributed by atoms with van der Waals surface area (Å²) in [6, 6.07) is 10.0. The standard InChI is InChI=1S/C5H5.C3H7.Co/c1-2-4-5-3-1;1-3-2;/h1-5H;3H,1-2H3;/q2*-1;+2. The zero-order valence-electron chi connectivity index (χ0n) is 5.80. The van der Waals surface area contributed by atoms with Crippen LogP contribution in [0.4, 0.5) is 0 Å². The van der Waals surface area contributed by atoms with E-state index in [9.17, 15) is 0 Å². The molecule has 0 saturated heterocycles. The van der Waals surface area contributed by atoms with Crippen LogP contribution in [0.5, 0.6) is 0 Å². The van der Waals surface area contributed by atoms with Crippen LogP contribution in [0, 0.1) is 6.42 Å². The summed E-state index contributed by atoms with van der Waals surface area (Å²) >= 11 is 0. The molecule has 1 radical (unpaired) electrons. The van der Waals surface area contributed by atoms with Gasteiger partial charge in [-0.25, -0.2) is 12.1 Å². The molecule has 0 fully saturated rings. The first-order valence-corrected chi connectivity index (χ1v) is 2.82. The van der Waals surface area contributed by atoms with Crippen LogP contribution >= 0.6 is 0 Å². The van der Waals surface area contributed by atoms with Crippen molar-refractivity contribution in [2.45, 2.75) is 13.8 Å². The molecule has 0 N–H and O–H groups in total. The van der Waals surface area contributed by atoms with E-state index < -0.39 is 0 Å². The SMILES string of the molecule is C[CH-]C.[Co+2].c1cc[cH-]c1. The Hall–Kier alpha value is -0.144. The molecule has 0 nitrogen and oxygen atoms in total. The Balaban J connectivity index is 0. The Morgan fingerprint density at radius 1 is 1.11 bits per heavy atom. The van der Waals surface area contributed by atoms with E-state index in [-0.39, 0.29) is 16.8 Å². The van der Waals surface area contributed by atoms with Gasteiger partial charge in [-0.05, 0) is 0 Å². The average Bonchev–Trinajstić information content (AvgIpc) is 2.17. The first-order chi connectivity index (χ1) is 3.91. The zero-order chi connectivity index (χ0) is 6.24. The van der Waals surface area contributed by atoms with Crippen molar-refractivity contribution in [2.24, 2.45) is 0 Å². The van der Waals surface area contributed by atoms with Crippen molar-refractivity contribution in [2.75, 3.05) is 0 Å². The molecule has 53 valence electrons. The fourth-order valence-electron chi connectivity index (χ4n) is 0.321. The second-order valence-corrected chi connectivity index (χ2v) is 1.54. The maximum Gasteiger partial charge on any atom is 2.00 e. The van der Waals surface area contributed by atoms with Crippen LogP contribution in [-0.4, -0.2) is 0 Å². The molecular formula is C8H12Co. The minimum atomic E-state index is 0. The van der Waals surface area contributed by atoms with Gasteiger partial charge in [0.25, 0.3) is 0 Å². The molecule has 0 heterocycles. The van der Waals surface area contributed by atoms with E-state index in [4.69, 9.17) is 0 Å². The third-order valence-corrected chi connectivity index (χ3v) is 0.556. The van der Waals surface area contributed by atoms with Crippen molar-refractivity contribution >= 4 is 0 Å². The maximum atomic E-state index is 2.00. The van der Waals surface area contributed by atoms with Gasteiger partial charge in [-0.2, -0.15) is 32.0 Å². The largest absolute Gasteiger partial charge is 2.00 e. The van der Waals surface area contributed by atoms with E-state index in [0.29, 0.717) is 0 Å². The Kier molecular flexibility index (Phi) is 13.9. The minimum Gasteiger partial charge on any atom is -0.335 e. The normalized spacial score (nSPS) is 6.44. The van der Waals surface area contributed by atoms with Crippen LogP contribution < -0.4 is 0 Å². The second-order valence-electron chi connectivity index (χ2n) is 1.54. The van der Waals surface area contributed by atoms with Gasteiger partial charge in [0.2, 0.25) is 0 Å². The van der Waals surface area contributed by atoms with E-state index in [2.05, 4.69) is 0 Å². The predicted molar refractivity (Wildman–Crippen MR) is 37.7 cm³/mol. The molecule has 0 unspecified atom stereocenters. The first kappa shape index (κ1) is 11.6. The molecule has 0 amide bonds. The van der Waals surface area contributed by atoms with Crippen LogP contribution in [0.2, 0.25) is 0 Å². The van der Waals surface area contributed by atoms with E-state index in [0.717, 1.165) is 0 Å². The van der Waals surface area contributed by atoms with Crippen LogP contribution in [0.25, 0.3) is 0 Å². The Labute approximate surface area is 67.8 Å². The number of rotatable bonds is 0.